The van der Waals surface area contributed by atoms with Gasteiger partial charge in [-0.2, -0.15) is 5.10 Å². The number of unbranched alkanes of at least 4 members (excludes halogenated alkanes) is 1. The van der Waals surface area contributed by atoms with Gasteiger partial charge in [0.15, 0.2) is 0 Å². The lowest BCUT2D eigenvalue weighted by atomic mass is 10.1. The summed E-state index contributed by atoms with van der Waals surface area (Å²) < 4.78 is 1.93. The Kier molecular flexibility index (Phi) is 4.25. The Morgan fingerprint density at radius 3 is 2.65 bits per heavy atom. The van der Waals surface area contributed by atoms with E-state index < -0.39 is 0 Å². The number of aromatic nitrogens is 2. The molecule has 1 aliphatic heterocycles. The minimum absolute atomic E-state index is 0.346. The zero-order chi connectivity index (χ0) is 16.4. The van der Waals surface area contributed by atoms with Crippen LogP contribution in [0.15, 0.2) is 30.3 Å². The van der Waals surface area contributed by atoms with Crippen LogP contribution in [-0.4, -0.2) is 47.1 Å². The Hall–Kier alpha value is -2.47. The van der Waals surface area contributed by atoms with Crippen LogP contribution in [0, 0.1) is 0 Å². The van der Waals surface area contributed by atoms with Gasteiger partial charge in [0.25, 0.3) is 11.8 Å². The molecule has 0 saturated carbocycles. The summed E-state index contributed by atoms with van der Waals surface area (Å²) in [7, 11) is 4.12. The number of hydrogen-bond acceptors (Lipinski definition) is 4. The van der Waals surface area contributed by atoms with Gasteiger partial charge in [0.2, 0.25) is 0 Å². The number of aryl methyl sites for hydroxylation is 1. The minimum Gasteiger partial charge on any atom is -0.309 e. The zero-order valence-electron chi connectivity index (χ0n) is 13.4. The number of carbonyl (C=O) groups excluding carboxylic acids is 2. The third-order valence-corrected chi connectivity index (χ3v) is 3.90. The second-order valence-corrected chi connectivity index (χ2v) is 5.98. The molecule has 0 radical (unpaired) electrons. The number of para-hydroxylation sites is 1. The second kappa shape index (κ2) is 6.34. The van der Waals surface area contributed by atoms with Crippen molar-refractivity contribution in [3.05, 3.63) is 36.0 Å². The van der Waals surface area contributed by atoms with E-state index in [0.717, 1.165) is 36.8 Å². The van der Waals surface area contributed by atoms with Gasteiger partial charge in [0.05, 0.1) is 11.1 Å². The first-order valence-corrected chi connectivity index (χ1v) is 7.74. The van der Waals surface area contributed by atoms with Crippen LogP contribution in [0.3, 0.4) is 0 Å². The maximum absolute atomic E-state index is 11.9. The van der Waals surface area contributed by atoms with E-state index >= 15 is 0 Å². The normalized spacial score (nSPS) is 14.7. The monoisotopic (exact) mass is 312 g/mol. The number of imide groups is 1. The summed E-state index contributed by atoms with van der Waals surface area (Å²) in [5, 5.41) is 7.77. The van der Waals surface area contributed by atoms with Crippen molar-refractivity contribution in [2.24, 2.45) is 0 Å². The molecule has 0 atom stereocenters. The van der Waals surface area contributed by atoms with Gasteiger partial charge < -0.3 is 4.90 Å². The van der Waals surface area contributed by atoms with E-state index in [2.05, 4.69) is 29.4 Å². The van der Waals surface area contributed by atoms with Crippen LogP contribution in [0.25, 0.3) is 16.5 Å². The van der Waals surface area contributed by atoms with Crippen molar-refractivity contribution in [3.63, 3.8) is 0 Å². The highest BCUT2D eigenvalue weighted by Crippen LogP contribution is 2.26. The van der Waals surface area contributed by atoms with Crippen LogP contribution in [-0.2, 0) is 16.1 Å². The van der Waals surface area contributed by atoms with Crippen LogP contribution in [0.5, 0.6) is 0 Å². The molecule has 0 saturated heterocycles. The predicted octanol–water partition coefficient (Wildman–Crippen LogP) is 1.42. The van der Waals surface area contributed by atoms with E-state index in [1.165, 1.54) is 6.08 Å². The van der Waals surface area contributed by atoms with E-state index in [-0.39, 0.29) is 11.8 Å². The largest absolute Gasteiger partial charge is 0.309 e. The van der Waals surface area contributed by atoms with Crippen molar-refractivity contribution in [1.29, 1.82) is 0 Å². The van der Waals surface area contributed by atoms with Gasteiger partial charge in [-0.25, -0.2) is 0 Å². The van der Waals surface area contributed by atoms with Crippen LogP contribution in [0.4, 0.5) is 0 Å². The van der Waals surface area contributed by atoms with Crippen LogP contribution in [0.2, 0.25) is 0 Å². The molecule has 0 aliphatic carbocycles. The van der Waals surface area contributed by atoms with Crippen molar-refractivity contribution in [2.75, 3.05) is 20.6 Å². The summed E-state index contributed by atoms with van der Waals surface area (Å²) >= 11 is 0. The molecule has 6 heteroatoms. The quantitative estimate of drug-likeness (QED) is 0.647. The minimum atomic E-state index is -0.380. The van der Waals surface area contributed by atoms with Gasteiger partial charge in [-0.1, -0.05) is 18.2 Å². The molecule has 0 fully saturated rings. The average molecular weight is 312 g/mol. The maximum atomic E-state index is 11.9. The molecule has 0 bridgehead atoms. The van der Waals surface area contributed by atoms with Crippen molar-refractivity contribution in [1.82, 2.24) is 20.0 Å². The van der Waals surface area contributed by atoms with E-state index in [4.69, 9.17) is 0 Å². The smallest absolute Gasteiger partial charge is 0.260 e. The fraction of sp³-hybridized carbons (Fsp3) is 0.353. The molecule has 1 aromatic heterocycles. The molecule has 0 spiro atoms. The van der Waals surface area contributed by atoms with Gasteiger partial charge in [-0.15, -0.1) is 0 Å². The van der Waals surface area contributed by atoms with Gasteiger partial charge in [0, 0.05) is 18.0 Å². The maximum Gasteiger partial charge on any atom is 0.260 e. The molecule has 1 aliphatic rings. The lowest BCUT2D eigenvalue weighted by Gasteiger charge is -2.09. The van der Waals surface area contributed by atoms with Gasteiger partial charge in [-0.05, 0) is 39.5 Å². The molecule has 3 rings (SSSR count). The number of fused-ring (bicyclic) bond motifs is 1. The highest BCUT2D eigenvalue weighted by atomic mass is 16.2. The van der Waals surface area contributed by atoms with E-state index in [9.17, 15) is 9.59 Å². The Balaban J connectivity index is 1.90. The number of hydrogen-bond donors (Lipinski definition) is 1. The highest BCUT2D eigenvalue weighted by molar-refractivity contribution is 6.34. The van der Waals surface area contributed by atoms with Crippen molar-refractivity contribution in [2.45, 2.75) is 19.4 Å². The first kappa shape index (κ1) is 15.4. The molecule has 2 aromatic rings. The fourth-order valence-electron chi connectivity index (χ4n) is 2.77. The fourth-order valence-corrected chi connectivity index (χ4v) is 2.77. The van der Waals surface area contributed by atoms with Gasteiger partial charge >= 0.3 is 0 Å². The molecule has 0 unspecified atom stereocenters. The van der Waals surface area contributed by atoms with E-state index in [1.807, 2.05) is 28.9 Å². The van der Waals surface area contributed by atoms with Crippen molar-refractivity contribution < 1.29 is 9.59 Å². The molecular weight excluding hydrogens is 292 g/mol. The SMILES string of the molecule is CN(C)CCCCn1nc(C2=CC(=O)NC2=O)c2ccccc21. The highest BCUT2D eigenvalue weighted by Gasteiger charge is 2.26. The van der Waals surface area contributed by atoms with Gasteiger partial charge in [0.1, 0.15) is 5.69 Å². The number of benzene rings is 1. The number of nitrogens with one attached hydrogen (secondary N) is 1. The summed E-state index contributed by atoms with van der Waals surface area (Å²) in [4.78, 5) is 25.5. The standard InChI is InChI=1S/C17H20N4O2/c1-20(2)9-5-6-10-21-14-8-4-3-7-12(14)16(19-21)13-11-15(22)18-17(13)23/h3-4,7-8,11H,5-6,9-10H2,1-2H3,(H,18,22,23). The Labute approximate surface area is 134 Å². The van der Waals surface area contributed by atoms with Crippen molar-refractivity contribution >= 4 is 28.3 Å². The lowest BCUT2D eigenvalue weighted by Crippen LogP contribution is -2.21. The Morgan fingerprint density at radius 2 is 1.96 bits per heavy atom. The molecule has 1 aromatic carbocycles. The van der Waals surface area contributed by atoms with Gasteiger partial charge in [-0.3, -0.25) is 19.6 Å². The molecular formula is C17H20N4O2. The first-order valence-electron chi connectivity index (χ1n) is 7.74. The number of carbonyl (C=O) groups is 2. The number of nitrogens with zero attached hydrogens (tertiary/aromatic N) is 3. The van der Waals surface area contributed by atoms with Crippen molar-refractivity contribution in [3.8, 4) is 0 Å². The Bertz CT molecular complexity index is 789. The summed E-state index contributed by atoms with van der Waals surface area (Å²) in [6, 6.07) is 7.80. The van der Waals surface area contributed by atoms with E-state index in [0.29, 0.717) is 11.3 Å². The number of amides is 2. The lowest BCUT2D eigenvalue weighted by molar-refractivity contribution is -0.123. The zero-order valence-corrected chi connectivity index (χ0v) is 13.4. The molecule has 1 N–H and O–H groups in total. The van der Waals surface area contributed by atoms with Crippen LogP contribution in [0.1, 0.15) is 18.5 Å². The molecule has 23 heavy (non-hydrogen) atoms. The average Bonchev–Trinajstić information content (AvgIpc) is 3.03. The Morgan fingerprint density at radius 1 is 1.17 bits per heavy atom. The second-order valence-electron chi connectivity index (χ2n) is 5.98. The van der Waals surface area contributed by atoms with E-state index in [1.54, 1.807) is 0 Å². The topological polar surface area (TPSA) is 67.2 Å². The first-order chi connectivity index (χ1) is 11.1. The summed E-state index contributed by atoms with van der Waals surface area (Å²) in [5.41, 5.74) is 1.91. The predicted molar refractivity (Wildman–Crippen MR) is 88.6 cm³/mol. The molecule has 2 heterocycles. The summed E-state index contributed by atoms with van der Waals surface area (Å²) in [6.45, 7) is 1.82. The number of rotatable bonds is 6. The molecule has 6 nitrogen and oxygen atoms in total. The van der Waals surface area contributed by atoms with Crippen LogP contribution < -0.4 is 5.32 Å². The third kappa shape index (κ3) is 3.17. The third-order valence-electron chi connectivity index (χ3n) is 3.90. The molecule has 120 valence electrons. The summed E-state index contributed by atoms with van der Waals surface area (Å²) in [6.07, 6.45) is 3.42. The van der Waals surface area contributed by atoms with Crippen LogP contribution >= 0.6 is 0 Å². The summed E-state index contributed by atoms with van der Waals surface area (Å²) in [5.74, 6) is -0.757. The molecule has 2 amide bonds.